The average molecular weight is 357 g/mol. The number of esters is 1. The molecule has 5 heteroatoms. The summed E-state index contributed by atoms with van der Waals surface area (Å²) in [5, 5.41) is 0. The predicted octanol–water partition coefficient (Wildman–Crippen LogP) is 4.61. The highest BCUT2D eigenvalue weighted by Crippen LogP contribution is 2.35. The minimum Gasteiger partial charge on any atom is -0.497 e. The fourth-order valence-electron chi connectivity index (χ4n) is 3.79. The summed E-state index contributed by atoms with van der Waals surface area (Å²) in [6, 6.07) is 5.46. The minimum atomic E-state index is -0.381. The summed E-state index contributed by atoms with van der Waals surface area (Å²) in [6.45, 7) is 2.24. The van der Waals surface area contributed by atoms with E-state index in [-0.39, 0.29) is 11.9 Å². The average Bonchev–Trinajstić information content (AvgIpc) is 3.03. The molecular weight excluding hydrogens is 330 g/mol. The Morgan fingerprint density at radius 2 is 1.96 bits per heavy atom. The summed E-state index contributed by atoms with van der Waals surface area (Å²) in [5.41, 5.74) is 1.11. The molecule has 1 saturated carbocycles. The smallest absolute Gasteiger partial charge is 0.363 e. The number of carbonyl (C=O) groups is 1. The van der Waals surface area contributed by atoms with Crippen molar-refractivity contribution in [2.75, 3.05) is 14.2 Å². The molecule has 0 unspecified atom stereocenters. The lowest BCUT2D eigenvalue weighted by Crippen LogP contribution is -2.22. The van der Waals surface area contributed by atoms with Crippen LogP contribution in [0, 0.1) is 11.8 Å². The number of cyclic esters (lactones) is 1. The molecule has 1 heterocycles. The van der Waals surface area contributed by atoms with Crippen molar-refractivity contribution < 1.29 is 19.0 Å². The molecule has 0 aromatic heterocycles. The van der Waals surface area contributed by atoms with E-state index < -0.39 is 0 Å². The molecule has 1 aromatic carbocycles. The molecule has 1 aliphatic carbocycles. The molecule has 140 valence electrons. The molecule has 26 heavy (non-hydrogen) atoms. The van der Waals surface area contributed by atoms with Crippen molar-refractivity contribution in [1.82, 2.24) is 0 Å². The number of nitrogens with zero attached hydrogens (tertiary/aromatic N) is 1. The molecule has 0 N–H and O–H groups in total. The van der Waals surface area contributed by atoms with E-state index in [0.717, 1.165) is 24.3 Å². The van der Waals surface area contributed by atoms with Gasteiger partial charge in [0.2, 0.25) is 5.90 Å². The lowest BCUT2D eigenvalue weighted by Gasteiger charge is -2.27. The lowest BCUT2D eigenvalue weighted by atomic mass is 9.80. The Morgan fingerprint density at radius 3 is 2.62 bits per heavy atom. The Morgan fingerprint density at radius 1 is 1.19 bits per heavy atom. The van der Waals surface area contributed by atoms with Crippen molar-refractivity contribution in [1.29, 1.82) is 0 Å². The van der Waals surface area contributed by atoms with Crippen molar-refractivity contribution in [2.24, 2.45) is 16.8 Å². The van der Waals surface area contributed by atoms with Crippen LogP contribution >= 0.6 is 0 Å². The van der Waals surface area contributed by atoms with Gasteiger partial charge in [-0.2, -0.15) is 0 Å². The fourth-order valence-corrected chi connectivity index (χ4v) is 3.79. The molecular formula is C21H27NO4. The number of hydrogen-bond acceptors (Lipinski definition) is 5. The number of aliphatic imine (C=N–C) groups is 1. The van der Waals surface area contributed by atoms with Crippen LogP contribution in [0.3, 0.4) is 0 Å². The summed E-state index contributed by atoms with van der Waals surface area (Å²) in [5.74, 6) is 2.61. The third-order valence-corrected chi connectivity index (χ3v) is 5.26. The van der Waals surface area contributed by atoms with Gasteiger partial charge >= 0.3 is 5.97 Å². The van der Waals surface area contributed by atoms with E-state index in [1.165, 1.54) is 25.7 Å². The first-order valence-corrected chi connectivity index (χ1v) is 9.39. The molecule has 1 aromatic rings. The highest BCUT2D eigenvalue weighted by Gasteiger charge is 2.32. The molecule has 0 radical (unpaired) electrons. The van der Waals surface area contributed by atoms with Crippen LogP contribution < -0.4 is 9.47 Å². The second-order valence-corrected chi connectivity index (χ2v) is 6.98. The normalized spacial score (nSPS) is 24.3. The first kappa shape index (κ1) is 18.5. The van der Waals surface area contributed by atoms with E-state index >= 15 is 0 Å². The molecule has 0 saturated heterocycles. The van der Waals surface area contributed by atoms with E-state index in [0.29, 0.717) is 23.1 Å². The van der Waals surface area contributed by atoms with Gasteiger partial charge < -0.3 is 14.2 Å². The van der Waals surface area contributed by atoms with Crippen molar-refractivity contribution in [3.05, 3.63) is 29.5 Å². The third kappa shape index (κ3) is 4.09. The van der Waals surface area contributed by atoms with Crippen LogP contribution in [0.4, 0.5) is 0 Å². The van der Waals surface area contributed by atoms with E-state index in [1.54, 1.807) is 26.4 Å². The second-order valence-electron chi connectivity index (χ2n) is 6.98. The summed E-state index contributed by atoms with van der Waals surface area (Å²) in [4.78, 5) is 16.7. The van der Waals surface area contributed by atoms with Gasteiger partial charge in [0.15, 0.2) is 5.70 Å². The quantitative estimate of drug-likeness (QED) is 0.551. The number of methoxy groups -OCH3 is 2. The van der Waals surface area contributed by atoms with Crippen LogP contribution in [0.5, 0.6) is 11.5 Å². The molecule has 0 amide bonds. The number of rotatable bonds is 6. The van der Waals surface area contributed by atoms with Gasteiger partial charge in [0.1, 0.15) is 11.5 Å². The maximum Gasteiger partial charge on any atom is 0.363 e. The molecule has 0 atom stereocenters. The maximum atomic E-state index is 12.3. The Balaban J connectivity index is 1.75. The number of benzene rings is 1. The van der Waals surface area contributed by atoms with Gasteiger partial charge in [0.05, 0.1) is 14.2 Å². The standard InChI is InChI=1S/C21H27NO4/c1-4-5-14-6-8-15(9-7-14)20-22-18(21(23)26-20)12-16-10-11-17(24-2)13-19(16)25-3/h10-15H,4-9H2,1-3H3/b18-12-. The van der Waals surface area contributed by atoms with Crippen LogP contribution in [0.1, 0.15) is 51.0 Å². The van der Waals surface area contributed by atoms with Crippen molar-refractivity contribution in [3.8, 4) is 11.5 Å². The highest BCUT2D eigenvalue weighted by atomic mass is 16.6. The lowest BCUT2D eigenvalue weighted by molar-refractivity contribution is -0.130. The Labute approximate surface area is 155 Å². The number of hydrogen-bond donors (Lipinski definition) is 0. The summed E-state index contributed by atoms with van der Waals surface area (Å²) >= 11 is 0. The van der Waals surface area contributed by atoms with Gasteiger partial charge in [-0.3, -0.25) is 0 Å². The first-order chi connectivity index (χ1) is 12.6. The van der Waals surface area contributed by atoms with Gasteiger partial charge in [0.25, 0.3) is 0 Å². The Bertz CT molecular complexity index is 715. The highest BCUT2D eigenvalue weighted by molar-refractivity contribution is 6.08. The molecule has 1 fully saturated rings. The zero-order chi connectivity index (χ0) is 18.5. The number of ether oxygens (including phenoxy) is 3. The molecule has 1 aliphatic heterocycles. The monoisotopic (exact) mass is 357 g/mol. The van der Waals surface area contributed by atoms with E-state index in [4.69, 9.17) is 14.2 Å². The largest absolute Gasteiger partial charge is 0.497 e. The summed E-state index contributed by atoms with van der Waals surface area (Å²) < 4.78 is 16.1. The summed E-state index contributed by atoms with van der Waals surface area (Å²) in [6.07, 6.45) is 8.74. The predicted molar refractivity (Wildman–Crippen MR) is 101 cm³/mol. The Hall–Kier alpha value is -2.30. The topological polar surface area (TPSA) is 57.1 Å². The van der Waals surface area contributed by atoms with Gasteiger partial charge in [-0.15, -0.1) is 0 Å². The minimum absolute atomic E-state index is 0.260. The van der Waals surface area contributed by atoms with Crippen LogP contribution in [0.2, 0.25) is 0 Å². The number of carbonyl (C=O) groups excluding carboxylic acids is 1. The zero-order valence-corrected chi connectivity index (χ0v) is 15.8. The molecule has 0 bridgehead atoms. The fraction of sp³-hybridized carbons (Fsp3) is 0.524. The van der Waals surface area contributed by atoms with Crippen LogP contribution in [-0.4, -0.2) is 26.1 Å². The van der Waals surface area contributed by atoms with Crippen molar-refractivity contribution in [3.63, 3.8) is 0 Å². The molecule has 2 aliphatic rings. The van der Waals surface area contributed by atoms with Gasteiger partial charge in [0, 0.05) is 17.5 Å². The molecule has 5 nitrogen and oxygen atoms in total. The van der Waals surface area contributed by atoms with Gasteiger partial charge in [-0.05, 0) is 49.8 Å². The molecule has 3 rings (SSSR count). The van der Waals surface area contributed by atoms with Crippen LogP contribution in [0.25, 0.3) is 6.08 Å². The summed E-state index contributed by atoms with van der Waals surface area (Å²) in [7, 11) is 3.19. The van der Waals surface area contributed by atoms with Crippen molar-refractivity contribution >= 4 is 17.9 Å². The molecule has 0 spiro atoms. The second kappa shape index (κ2) is 8.39. The van der Waals surface area contributed by atoms with Gasteiger partial charge in [-0.25, -0.2) is 9.79 Å². The third-order valence-electron chi connectivity index (χ3n) is 5.26. The van der Waals surface area contributed by atoms with E-state index in [1.807, 2.05) is 12.1 Å². The SMILES string of the molecule is CCCC1CCC(C2=N/C(=C\c3ccc(OC)cc3OC)C(=O)O2)CC1. The Kier molecular flexibility index (Phi) is 5.96. The van der Waals surface area contributed by atoms with Crippen LogP contribution in [0.15, 0.2) is 28.9 Å². The van der Waals surface area contributed by atoms with Crippen LogP contribution in [-0.2, 0) is 9.53 Å². The van der Waals surface area contributed by atoms with E-state index in [9.17, 15) is 4.79 Å². The zero-order valence-electron chi connectivity index (χ0n) is 15.8. The van der Waals surface area contributed by atoms with E-state index in [2.05, 4.69) is 11.9 Å². The maximum absolute atomic E-state index is 12.3. The van der Waals surface area contributed by atoms with Crippen molar-refractivity contribution in [2.45, 2.75) is 45.4 Å². The first-order valence-electron chi connectivity index (χ1n) is 9.39. The van der Waals surface area contributed by atoms with Gasteiger partial charge in [-0.1, -0.05) is 19.8 Å².